The summed E-state index contributed by atoms with van der Waals surface area (Å²) in [4.78, 5) is 34.9. The van der Waals surface area contributed by atoms with Crippen molar-refractivity contribution in [2.75, 3.05) is 13.2 Å². The van der Waals surface area contributed by atoms with E-state index in [0.29, 0.717) is 6.42 Å². The van der Waals surface area contributed by atoms with Crippen molar-refractivity contribution in [3.63, 3.8) is 0 Å². The Morgan fingerprint density at radius 1 is 0.580 bits per heavy atom. The predicted octanol–water partition coefficient (Wildman–Crippen LogP) is 12.0. The van der Waals surface area contributed by atoms with E-state index in [1.165, 1.54) is 96.8 Å². The molecular weight excluding hydrogens is 649 g/mol. The normalized spacial score (nSPS) is 14.3. The van der Waals surface area contributed by atoms with Crippen molar-refractivity contribution in [1.82, 2.24) is 0 Å². The lowest BCUT2D eigenvalue weighted by atomic mass is 10.1. The predicted molar refractivity (Wildman–Crippen MR) is 209 cm³/mol. The SMILES string of the molecule is CCCCCCCC/C=C\CCCCCCCC(=O)OC[C@H](COP(=O)(O)C(C)N)OC(=O)CCCCCCC/C=C\CCCCCCCC. The third kappa shape index (κ3) is 33.7. The van der Waals surface area contributed by atoms with Crippen LogP contribution >= 0.6 is 7.60 Å². The van der Waals surface area contributed by atoms with Crippen molar-refractivity contribution in [2.24, 2.45) is 5.73 Å². The van der Waals surface area contributed by atoms with Crippen LogP contribution in [-0.4, -0.2) is 41.9 Å². The van der Waals surface area contributed by atoms with Crippen LogP contribution in [-0.2, 0) is 28.2 Å². The van der Waals surface area contributed by atoms with Crippen LogP contribution in [0.2, 0.25) is 0 Å². The summed E-state index contributed by atoms with van der Waals surface area (Å²) in [5.74, 6) is -1.89. The van der Waals surface area contributed by atoms with E-state index in [2.05, 4.69) is 38.2 Å². The number of rotatable bonds is 37. The first-order chi connectivity index (χ1) is 24.2. The highest BCUT2D eigenvalue weighted by atomic mass is 31.2. The molecule has 0 saturated carbocycles. The summed E-state index contributed by atoms with van der Waals surface area (Å²) >= 11 is 0. The van der Waals surface area contributed by atoms with Crippen LogP contribution in [0.4, 0.5) is 0 Å². The first-order valence-electron chi connectivity index (χ1n) is 20.6. The van der Waals surface area contributed by atoms with E-state index in [1.54, 1.807) is 0 Å². The van der Waals surface area contributed by atoms with Gasteiger partial charge in [0, 0.05) is 12.8 Å². The number of unbranched alkanes of at least 4 members (excludes halogenated alkanes) is 22. The number of carbonyl (C=O) groups excluding carboxylic acids is 2. The van der Waals surface area contributed by atoms with Crippen molar-refractivity contribution in [1.29, 1.82) is 0 Å². The molecular formula is C41H78NO7P. The van der Waals surface area contributed by atoms with E-state index in [-0.39, 0.29) is 32.0 Å². The molecule has 3 N–H and O–H groups in total. The van der Waals surface area contributed by atoms with Gasteiger partial charge in [0.05, 0.1) is 6.61 Å². The molecule has 0 radical (unpaired) electrons. The molecule has 0 aliphatic rings. The molecule has 0 aromatic heterocycles. The molecule has 0 aromatic rings. The van der Waals surface area contributed by atoms with Crippen molar-refractivity contribution in [2.45, 2.75) is 212 Å². The summed E-state index contributed by atoms with van der Waals surface area (Å²) in [6, 6.07) is 0. The van der Waals surface area contributed by atoms with E-state index >= 15 is 0 Å². The largest absolute Gasteiger partial charge is 0.462 e. The number of hydrogen-bond acceptors (Lipinski definition) is 7. The van der Waals surface area contributed by atoms with Crippen LogP contribution in [0.1, 0.15) is 201 Å². The Morgan fingerprint density at radius 2 is 0.940 bits per heavy atom. The van der Waals surface area contributed by atoms with Gasteiger partial charge >= 0.3 is 19.5 Å². The van der Waals surface area contributed by atoms with Crippen molar-refractivity contribution in [3.8, 4) is 0 Å². The molecule has 8 nitrogen and oxygen atoms in total. The maximum Gasteiger partial charge on any atom is 0.344 e. The number of hydrogen-bond donors (Lipinski definition) is 2. The summed E-state index contributed by atoms with van der Waals surface area (Å²) in [5, 5.41) is 0. The van der Waals surface area contributed by atoms with Crippen molar-refractivity contribution < 1.29 is 33.0 Å². The van der Waals surface area contributed by atoms with Crippen LogP contribution in [0.15, 0.2) is 24.3 Å². The quantitative estimate of drug-likeness (QED) is 0.0280. The Hall–Kier alpha value is -1.47. The second kappa shape index (κ2) is 35.9. The fourth-order valence-corrected chi connectivity index (χ4v) is 6.22. The lowest BCUT2D eigenvalue weighted by molar-refractivity contribution is -0.161. The van der Waals surface area contributed by atoms with Gasteiger partial charge in [-0.3, -0.25) is 14.2 Å². The van der Waals surface area contributed by atoms with Gasteiger partial charge in [0.15, 0.2) is 6.10 Å². The van der Waals surface area contributed by atoms with E-state index in [0.717, 1.165) is 70.6 Å². The number of carbonyl (C=O) groups is 2. The Morgan fingerprint density at radius 3 is 1.34 bits per heavy atom. The molecule has 0 amide bonds. The summed E-state index contributed by atoms with van der Waals surface area (Å²) in [6.07, 6.45) is 39.4. The number of ether oxygens (including phenoxy) is 2. The number of esters is 2. The zero-order valence-corrected chi connectivity index (χ0v) is 33.5. The molecule has 3 atom stereocenters. The summed E-state index contributed by atoms with van der Waals surface area (Å²) in [6.45, 7) is 5.29. The Bertz CT molecular complexity index is 892. The van der Waals surface area contributed by atoms with Crippen molar-refractivity contribution in [3.05, 3.63) is 24.3 Å². The first-order valence-corrected chi connectivity index (χ1v) is 22.2. The van der Waals surface area contributed by atoms with Gasteiger partial charge in [-0.1, -0.05) is 141 Å². The van der Waals surface area contributed by atoms with E-state index in [1.807, 2.05) is 0 Å². The molecule has 9 heteroatoms. The van der Waals surface area contributed by atoms with E-state index in [9.17, 15) is 19.0 Å². The zero-order valence-electron chi connectivity index (χ0n) is 32.6. The fraction of sp³-hybridized carbons (Fsp3) is 0.854. The number of nitrogens with two attached hydrogens (primary N) is 1. The smallest absolute Gasteiger partial charge is 0.344 e. The Kier molecular flexibility index (Phi) is 34.9. The second-order valence-electron chi connectivity index (χ2n) is 14.1. The third-order valence-electron chi connectivity index (χ3n) is 8.97. The monoisotopic (exact) mass is 728 g/mol. The molecule has 0 spiro atoms. The molecule has 0 rings (SSSR count). The molecule has 0 aromatic carbocycles. The van der Waals surface area contributed by atoms with Crippen LogP contribution in [0.3, 0.4) is 0 Å². The summed E-state index contributed by atoms with van der Waals surface area (Å²) < 4.78 is 28.2. The van der Waals surface area contributed by atoms with Gasteiger partial charge < -0.3 is 24.6 Å². The molecule has 2 unspecified atom stereocenters. The average molecular weight is 728 g/mol. The van der Waals surface area contributed by atoms with Crippen LogP contribution in [0, 0.1) is 0 Å². The van der Waals surface area contributed by atoms with Gasteiger partial charge in [-0.2, -0.15) is 0 Å². The van der Waals surface area contributed by atoms with Gasteiger partial charge in [-0.15, -0.1) is 0 Å². The standard InChI is InChI=1S/C41H78NO7P/c1-4-6-8-10-12-14-16-18-20-22-24-26-28-30-32-34-40(43)47-36-39(37-48-50(45,46)38(3)42)49-41(44)35-33-31-29-27-25-23-21-19-17-15-13-11-9-7-5-2/h18-21,38-39H,4-17,22-37,42H2,1-3H3,(H,45,46)/b20-18-,21-19-/t38?,39-/m1/s1. The molecule has 0 bridgehead atoms. The maximum atomic E-state index is 12.5. The van der Waals surface area contributed by atoms with Crippen LogP contribution < -0.4 is 5.73 Å². The second-order valence-corrected chi connectivity index (χ2v) is 16.3. The summed E-state index contributed by atoms with van der Waals surface area (Å²) in [5.41, 5.74) is 5.56. The fourth-order valence-electron chi connectivity index (χ4n) is 5.61. The van der Waals surface area contributed by atoms with Gasteiger partial charge in [0.25, 0.3) is 0 Å². The van der Waals surface area contributed by atoms with Gasteiger partial charge in [-0.05, 0) is 71.1 Å². The van der Waals surface area contributed by atoms with Gasteiger partial charge in [0.1, 0.15) is 12.4 Å². The molecule has 0 saturated heterocycles. The van der Waals surface area contributed by atoms with Crippen molar-refractivity contribution >= 4 is 19.5 Å². The molecule has 0 heterocycles. The lowest BCUT2D eigenvalue weighted by Crippen LogP contribution is -2.30. The Labute approximate surface area is 307 Å². The molecule has 0 fully saturated rings. The molecule has 294 valence electrons. The highest BCUT2D eigenvalue weighted by molar-refractivity contribution is 7.53. The molecule has 0 aliphatic carbocycles. The highest BCUT2D eigenvalue weighted by Crippen LogP contribution is 2.44. The average Bonchev–Trinajstić information content (AvgIpc) is 3.09. The van der Waals surface area contributed by atoms with Crippen LogP contribution in [0.25, 0.3) is 0 Å². The Balaban J connectivity index is 4.14. The zero-order chi connectivity index (χ0) is 37.0. The lowest BCUT2D eigenvalue weighted by Gasteiger charge is -2.21. The van der Waals surface area contributed by atoms with Gasteiger partial charge in [0.2, 0.25) is 0 Å². The minimum absolute atomic E-state index is 0.221. The minimum Gasteiger partial charge on any atom is -0.462 e. The molecule has 50 heavy (non-hydrogen) atoms. The summed E-state index contributed by atoms with van der Waals surface area (Å²) in [7, 11) is -4.07. The topological polar surface area (TPSA) is 125 Å². The minimum atomic E-state index is -4.07. The van der Waals surface area contributed by atoms with E-state index < -0.39 is 25.5 Å². The molecule has 0 aliphatic heterocycles. The third-order valence-corrected chi connectivity index (χ3v) is 10.5. The van der Waals surface area contributed by atoms with Crippen LogP contribution in [0.5, 0.6) is 0 Å². The first kappa shape index (κ1) is 48.5. The van der Waals surface area contributed by atoms with Gasteiger partial charge in [-0.25, -0.2) is 0 Å². The highest BCUT2D eigenvalue weighted by Gasteiger charge is 2.28. The number of allylic oxidation sites excluding steroid dienone is 4. The van der Waals surface area contributed by atoms with E-state index in [4.69, 9.17) is 19.7 Å². The maximum absolute atomic E-state index is 12.5.